The molecule has 0 amide bonds. The number of ether oxygens (including phenoxy) is 1. The molecule has 1 aromatic heterocycles. The number of para-hydroxylation sites is 2. The molecule has 0 atom stereocenters. The summed E-state index contributed by atoms with van der Waals surface area (Å²) in [5, 5.41) is 0. The first-order chi connectivity index (χ1) is 10.7. The topological polar surface area (TPSA) is 53.1 Å². The van der Waals surface area contributed by atoms with E-state index >= 15 is 0 Å². The number of fused-ring (bicyclic) bond motifs is 1. The van der Waals surface area contributed by atoms with Crippen LogP contribution in [0.1, 0.15) is 17.0 Å². The zero-order valence-electron chi connectivity index (χ0n) is 12.3. The van der Waals surface area contributed by atoms with Crippen molar-refractivity contribution in [3.8, 4) is 0 Å². The molecule has 0 radical (unpaired) electrons. The maximum absolute atomic E-state index is 5.64. The highest BCUT2D eigenvalue weighted by atomic mass is 32.1. The van der Waals surface area contributed by atoms with Crippen molar-refractivity contribution in [1.82, 2.24) is 9.55 Å². The van der Waals surface area contributed by atoms with Crippen LogP contribution in [0.3, 0.4) is 0 Å². The molecule has 0 aliphatic heterocycles. The average molecular weight is 311 g/mol. The van der Waals surface area contributed by atoms with E-state index in [-0.39, 0.29) is 0 Å². The molecule has 0 saturated carbocycles. The number of hydrogen-bond donors (Lipinski definition) is 1. The van der Waals surface area contributed by atoms with E-state index in [0.29, 0.717) is 11.6 Å². The van der Waals surface area contributed by atoms with Gasteiger partial charge >= 0.3 is 0 Å². The number of rotatable bonds is 5. The number of hydrogen-bond acceptors (Lipinski definition) is 3. The Morgan fingerprint density at radius 2 is 1.91 bits per heavy atom. The van der Waals surface area contributed by atoms with E-state index in [1.54, 1.807) is 7.11 Å². The molecule has 3 rings (SSSR count). The summed E-state index contributed by atoms with van der Waals surface area (Å²) in [6.45, 7) is 1.22. The van der Waals surface area contributed by atoms with E-state index in [0.717, 1.165) is 29.0 Å². The van der Waals surface area contributed by atoms with Crippen LogP contribution < -0.4 is 5.73 Å². The van der Waals surface area contributed by atoms with Crippen LogP contribution in [0.4, 0.5) is 0 Å². The molecule has 5 heteroatoms. The van der Waals surface area contributed by atoms with Crippen LogP contribution in [0, 0.1) is 0 Å². The third kappa shape index (κ3) is 2.86. The molecule has 2 N–H and O–H groups in total. The summed E-state index contributed by atoms with van der Waals surface area (Å²) in [7, 11) is 1.68. The second-order valence-corrected chi connectivity index (χ2v) is 5.54. The minimum Gasteiger partial charge on any atom is -0.389 e. The molecule has 0 aliphatic carbocycles. The zero-order valence-corrected chi connectivity index (χ0v) is 13.1. The van der Waals surface area contributed by atoms with Crippen LogP contribution in [0.25, 0.3) is 11.0 Å². The lowest BCUT2D eigenvalue weighted by molar-refractivity contribution is 0.175. The Morgan fingerprint density at radius 1 is 1.18 bits per heavy atom. The van der Waals surface area contributed by atoms with E-state index < -0.39 is 0 Å². The number of nitrogens with two attached hydrogens (primary N) is 1. The number of methoxy groups -OCH3 is 1. The predicted octanol–water partition coefficient (Wildman–Crippen LogP) is 2.87. The largest absolute Gasteiger partial charge is 0.389 e. The van der Waals surface area contributed by atoms with Gasteiger partial charge in [-0.05, 0) is 17.7 Å². The lowest BCUT2D eigenvalue weighted by Crippen LogP contribution is -2.10. The molecule has 22 heavy (non-hydrogen) atoms. The van der Waals surface area contributed by atoms with Crippen molar-refractivity contribution in [2.24, 2.45) is 5.73 Å². The molecule has 3 aromatic rings. The van der Waals surface area contributed by atoms with Gasteiger partial charge in [0.15, 0.2) is 0 Å². The first kappa shape index (κ1) is 14.7. The Bertz CT molecular complexity index is 808. The van der Waals surface area contributed by atoms with Crippen molar-refractivity contribution in [1.29, 1.82) is 0 Å². The monoisotopic (exact) mass is 311 g/mol. The number of thiocarbonyl (C=S) groups is 1. The molecular weight excluding hydrogens is 294 g/mol. The van der Waals surface area contributed by atoms with Crippen LogP contribution >= 0.6 is 12.2 Å². The summed E-state index contributed by atoms with van der Waals surface area (Å²) in [4.78, 5) is 5.06. The highest BCUT2D eigenvalue weighted by Crippen LogP contribution is 2.18. The number of imidazole rings is 1. The van der Waals surface area contributed by atoms with Crippen LogP contribution in [-0.2, 0) is 17.9 Å². The number of benzene rings is 2. The van der Waals surface area contributed by atoms with Crippen LogP contribution in [0.5, 0.6) is 0 Å². The Hall–Kier alpha value is -2.24. The minimum absolute atomic E-state index is 0.416. The Labute approximate surface area is 134 Å². The van der Waals surface area contributed by atoms with Gasteiger partial charge in [-0.2, -0.15) is 0 Å². The zero-order chi connectivity index (χ0) is 15.5. The molecule has 0 fully saturated rings. The van der Waals surface area contributed by atoms with Gasteiger partial charge in [-0.1, -0.05) is 48.6 Å². The summed E-state index contributed by atoms with van der Waals surface area (Å²) in [6.07, 6.45) is 0. The van der Waals surface area contributed by atoms with Crippen molar-refractivity contribution in [2.45, 2.75) is 13.2 Å². The maximum atomic E-state index is 5.64. The van der Waals surface area contributed by atoms with Gasteiger partial charge < -0.3 is 15.0 Å². The smallest absolute Gasteiger partial charge is 0.136 e. The molecule has 0 spiro atoms. The first-order valence-corrected chi connectivity index (χ1v) is 7.41. The summed E-state index contributed by atoms with van der Waals surface area (Å²) < 4.78 is 7.44. The molecule has 0 saturated heterocycles. The SMILES string of the molecule is COCc1nc2ccccc2n1Cc1ccc(C(N)=S)cc1. The molecule has 1 heterocycles. The van der Waals surface area contributed by atoms with E-state index in [2.05, 4.69) is 15.6 Å². The summed E-state index contributed by atoms with van der Waals surface area (Å²) in [6, 6.07) is 16.1. The minimum atomic E-state index is 0.416. The fourth-order valence-electron chi connectivity index (χ4n) is 2.50. The molecule has 0 aliphatic rings. The van der Waals surface area contributed by atoms with E-state index in [1.807, 2.05) is 42.5 Å². The fraction of sp³-hybridized carbons (Fsp3) is 0.176. The van der Waals surface area contributed by atoms with Gasteiger partial charge in [-0.15, -0.1) is 0 Å². The quantitative estimate of drug-likeness (QED) is 0.736. The van der Waals surface area contributed by atoms with Crippen LogP contribution in [-0.4, -0.2) is 21.6 Å². The molecular formula is C17H17N3OS. The van der Waals surface area contributed by atoms with Crippen LogP contribution in [0.15, 0.2) is 48.5 Å². The molecule has 0 bridgehead atoms. The van der Waals surface area contributed by atoms with Crippen molar-refractivity contribution < 1.29 is 4.74 Å². The first-order valence-electron chi connectivity index (χ1n) is 7.01. The Balaban J connectivity index is 1.98. The number of aromatic nitrogens is 2. The second kappa shape index (κ2) is 6.25. The average Bonchev–Trinajstić information content (AvgIpc) is 2.86. The fourth-order valence-corrected chi connectivity index (χ4v) is 2.63. The van der Waals surface area contributed by atoms with Gasteiger partial charge in [-0.3, -0.25) is 0 Å². The standard InChI is InChI=1S/C17H17N3OS/c1-21-11-16-19-14-4-2-3-5-15(14)20(16)10-12-6-8-13(9-7-12)17(18)22/h2-9H,10-11H2,1H3,(H2,18,22). The Kier molecular flexibility index (Phi) is 4.18. The number of nitrogens with zero attached hydrogens (tertiary/aromatic N) is 2. The van der Waals surface area contributed by atoms with E-state index in [9.17, 15) is 0 Å². The van der Waals surface area contributed by atoms with Gasteiger partial charge in [0.05, 0.1) is 11.0 Å². The second-order valence-electron chi connectivity index (χ2n) is 5.10. The molecule has 4 nitrogen and oxygen atoms in total. The molecule has 2 aromatic carbocycles. The normalized spacial score (nSPS) is 11.0. The van der Waals surface area contributed by atoms with E-state index in [4.69, 9.17) is 22.7 Å². The van der Waals surface area contributed by atoms with Crippen molar-refractivity contribution in [3.05, 3.63) is 65.5 Å². The molecule has 112 valence electrons. The van der Waals surface area contributed by atoms with E-state index in [1.165, 1.54) is 5.56 Å². The lowest BCUT2D eigenvalue weighted by atomic mass is 10.1. The Morgan fingerprint density at radius 3 is 2.59 bits per heavy atom. The lowest BCUT2D eigenvalue weighted by Gasteiger charge is -2.09. The molecule has 0 unspecified atom stereocenters. The maximum Gasteiger partial charge on any atom is 0.136 e. The highest BCUT2D eigenvalue weighted by Gasteiger charge is 2.10. The van der Waals surface area contributed by atoms with Crippen LogP contribution in [0.2, 0.25) is 0 Å². The van der Waals surface area contributed by atoms with Gasteiger partial charge in [0, 0.05) is 19.2 Å². The summed E-state index contributed by atoms with van der Waals surface area (Å²) in [5.74, 6) is 0.919. The third-order valence-electron chi connectivity index (χ3n) is 3.59. The summed E-state index contributed by atoms with van der Waals surface area (Å²) >= 11 is 4.99. The third-order valence-corrected chi connectivity index (χ3v) is 3.82. The predicted molar refractivity (Wildman–Crippen MR) is 91.9 cm³/mol. The van der Waals surface area contributed by atoms with Crippen molar-refractivity contribution in [2.75, 3.05) is 7.11 Å². The van der Waals surface area contributed by atoms with Gasteiger partial charge in [-0.25, -0.2) is 4.98 Å². The highest BCUT2D eigenvalue weighted by molar-refractivity contribution is 7.80. The van der Waals surface area contributed by atoms with Crippen molar-refractivity contribution >= 4 is 28.2 Å². The van der Waals surface area contributed by atoms with Crippen molar-refractivity contribution in [3.63, 3.8) is 0 Å². The van der Waals surface area contributed by atoms with Gasteiger partial charge in [0.25, 0.3) is 0 Å². The summed E-state index contributed by atoms with van der Waals surface area (Å²) in [5.41, 5.74) is 9.77. The van der Waals surface area contributed by atoms with Gasteiger partial charge in [0.1, 0.15) is 17.4 Å². The van der Waals surface area contributed by atoms with Gasteiger partial charge in [0.2, 0.25) is 0 Å².